The average molecular weight is 364 g/mol. The van der Waals surface area contributed by atoms with Crippen molar-refractivity contribution < 1.29 is 25.5 Å². The second-order valence-corrected chi connectivity index (χ2v) is 6.37. The van der Waals surface area contributed by atoms with E-state index in [9.17, 15) is 25.5 Å². The van der Waals surface area contributed by atoms with Crippen LogP contribution < -0.4 is 0 Å². The molecule has 27 heavy (non-hydrogen) atoms. The zero-order chi connectivity index (χ0) is 19.6. The van der Waals surface area contributed by atoms with Gasteiger partial charge in [-0.3, -0.25) is 0 Å². The predicted molar refractivity (Wildman–Crippen MR) is 104 cm³/mol. The van der Waals surface area contributed by atoms with Crippen LogP contribution in [0, 0.1) is 0 Å². The van der Waals surface area contributed by atoms with Gasteiger partial charge in [-0.05, 0) is 53.1 Å². The van der Waals surface area contributed by atoms with E-state index < -0.39 is 0 Å². The molecule has 0 bridgehead atoms. The Morgan fingerprint density at radius 3 is 1.78 bits per heavy atom. The smallest absolute Gasteiger partial charge is 0.157 e. The third-order valence-corrected chi connectivity index (χ3v) is 4.45. The molecule has 0 aliphatic rings. The molecule has 1 atom stereocenters. The van der Waals surface area contributed by atoms with E-state index in [0.29, 0.717) is 16.7 Å². The Morgan fingerprint density at radius 2 is 1.19 bits per heavy atom. The second kappa shape index (κ2) is 7.33. The molecule has 3 rings (SSSR count). The third-order valence-electron chi connectivity index (χ3n) is 4.45. The van der Waals surface area contributed by atoms with Crippen molar-refractivity contribution in [1.29, 1.82) is 0 Å². The molecule has 0 aromatic heterocycles. The van der Waals surface area contributed by atoms with Gasteiger partial charge in [0.2, 0.25) is 0 Å². The molecule has 1 unspecified atom stereocenters. The van der Waals surface area contributed by atoms with Crippen molar-refractivity contribution in [3.63, 3.8) is 0 Å². The van der Waals surface area contributed by atoms with Crippen LogP contribution in [0.1, 0.15) is 35.1 Å². The number of hydrogen-bond acceptors (Lipinski definition) is 5. The van der Waals surface area contributed by atoms with Gasteiger partial charge < -0.3 is 25.5 Å². The van der Waals surface area contributed by atoms with Crippen LogP contribution in [0.2, 0.25) is 0 Å². The molecule has 5 nitrogen and oxygen atoms in total. The first-order chi connectivity index (χ1) is 12.8. The Labute approximate surface area is 156 Å². The Hall–Kier alpha value is -3.60. The first-order valence-corrected chi connectivity index (χ1v) is 8.40. The Bertz CT molecular complexity index is 967. The van der Waals surface area contributed by atoms with Crippen molar-refractivity contribution in [2.24, 2.45) is 0 Å². The summed E-state index contributed by atoms with van der Waals surface area (Å²) in [7, 11) is 0. The second-order valence-electron chi connectivity index (χ2n) is 6.37. The maximum Gasteiger partial charge on any atom is 0.157 e. The minimum Gasteiger partial charge on any atom is -0.508 e. The number of rotatable bonds is 4. The molecule has 0 amide bonds. The molecule has 0 heterocycles. The van der Waals surface area contributed by atoms with Crippen LogP contribution in [0.5, 0.6) is 28.7 Å². The summed E-state index contributed by atoms with van der Waals surface area (Å²) in [4.78, 5) is 0. The summed E-state index contributed by atoms with van der Waals surface area (Å²) in [6.07, 6.45) is 3.37. The van der Waals surface area contributed by atoms with Gasteiger partial charge in [-0.1, -0.05) is 37.3 Å². The minimum atomic E-state index is -0.266. The molecule has 5 heteroatoms. The van der Waals surface area contributed by atoms with Crippen LogP contribution in [0.25, 0.3) is 12.2 Å². The van der Waals surface area contributed by atoms with Crippen molar-refractivity contribution >= 4 is 12.2 Å². The summed E-state index contributed by atoms with van der Waals surface area (Å²) in [6, 6.07) is 14.1. The highest BCUT2D eigenvalue weighted by molar-refractivity contribution is 5.73. The van der Waals surface area contributed by atoms with Crippen LogP contribution in [0.4, 0.5) is 0 Å². The lowest BCUT2D eigenvalue weighted by molar-refractivity contribution is 0.403. The lowest BCUT2D eigenvalue weighted by atomic mass is 9.90. The van der Waals surface area contributed by atoms with Crippen molar-refractivity contribution in [2.75, 3.05) is 0 Å². The summed E-state index contributed by atoms with van der Waals surface area (Å²) in [6.45, 7) is 1.86. The quantitative estimate of drug-likeness (QED) is 0.346. The van der Waals surface area contributed by atoms with Crippen molar-refractivity contribution in [3.8, 4) is 28.7 Å². The van der Waals surface area contributed by atoms with Crippen LogP contribution in [0.15, 0.2) is 54.6 Å². The molecule has 0 fully saturated rings. The van der Waals surface area contributed by atoms with Gasteiger partial charge in [-0.2, -0.15) is 0 Å². The first kappa shape index (κ1) is 18.2. The Kier molecular flexibility index (Phi) is 4.94. The van der Waals surface area contributed by atoms with Crippen LogP contribution >= 0.6 is 0 Å². The number of hydrogen-bond donors (Lipinski definition) is 5. The molecule has 5 N–H and O–H groups in total. The average Bonchev–Trinajstić information content (AvgIpc) is 2.62. The lowest BCUT2D eigenvalue weighted by Gasteiger charge is -2.16. The highest BCUT2D eigenvalue weighted by atomic mass is 16.3. The molecule has 0 saturated carbocycles. The minimum absolute atomic E-state index is 0.0382. The molecule has 138 valence electrons. The highest BCUT2D eigenvalue weighted by Crippen LogP contribution is 2.39. The van der Waals surface area contributed by atoms with Crippen LogP contribution in [-0.2, 0) is 0 Å². The SMILES string of the molecule is CC(c1ccc(O)cc1)c1c(O)cc(/C=C/c2ccc(O)c(O)c2)cc1O. The summed E-state index contributed by atoms with van der Waals surface area (Å²) >= 11 is 0. The van der Waals surface area contributed by atoms with Gasteiger partial charge in [0.05, 0.1) is 0 Å². The van der Waals surface area contributed by atoms with Gasteiger partial charge in [0, 0.05) is 11.5 Å². The summed E-state index contributed by atoms with van der Waals surface area (Å²) in [5, 5.41) is 49.1. The van der Waals surface area contributed by atoms with Gasteiger partial charge in [0.25, 0.3) is 0 Å². The molecule has 0 saturated heterocycles. The Morgan fingerprint density at radius 1 is 0.630 bits per heavy atom. The largest absolute Gasteiger partial charge is 0.508 e. The van der Waals surface area contributed by atoms with Gasteiger partial charge in [-0.25, -0.2) is 0 Å². The van der Waals surface area contributed by atoms with E-state index in [1.54, 1.807) is 54.6 Å². The van der Waals surface area contributed by atoms with E-state index in [-0.39, 0.29) is 34.7 Å². The fraction of sp³-hybridized carbons (Fsp3) is 0.0909. The fourth-order valence-corrected chi connectivity index (χ4v) is 2.95. The topological polar surface area (TPSA) is 101 Å². The maximum absolute atomic E-state index is 10.4. The van der Waals surface area contributed by atoms with Gasteiger partial charge in [0.1, 0.15) is 17.2 Å². The number of phenols is 5. The molecule has 0 radical (unpaired) electrons. The summed E-state index contributed by atoms with van der Waals surface area (Å²) in [5.41, 5.74) is 2.49. The number of benzene rings is 3. The summed E-state index contributed by atoms with van der Waals surface area (Å²) in [5.74, 6) is -0.610. The fourth-order valence-electron chi connectivity index (χ4n) is 2.95. The zero-order valence-electron chi connectivity index (χ0n) is 14.7. The molecule has 0 aliphatic heterocycles. The van der Waals surface area contributed by atoms with E-state index in [1.165, 1.54) is 12.1 Å². The Balaban J connectivity index is 1.89. The van der Waals surface area contributed by atoms with Gasteiger partial charge in [0.15, 0.2) is 11.5 Å². The van der Waals surface area contributed by atoms with Gasteiger partial charge in [-0.15, -0.1) is 0 Å². The number of phenolic OH excluding ortho intramolecular Hbond substituents is 5. The van der Waals surface area contributed by atoms with Crippen LogP contribution in [-0.4, -0.2) is 25.5 Å². The van der Waals surface area contributed by atoms with Gasteiger partial charge >= 0.3 is 0 Å². The normalized spacial score (nSPS) is 12.3. The predicted octanol–water partition coefficient (Wildman–Crippen LogP) is 4.54. The standard InChI is InChI=1S/C22H20O5/c1-13(16-5-7-17(23)8-6-16)22-20(26)11-15(12-21(22)27)3-2-14-4-9-18(24)19(25)10-14/h2-13,23-27H,1H3/b3-2+. The van der Waals surface area contributed by atoms with E-state index in [0.717, 1.165) is 5.56 Å². The molecular formula is C22H20O5. The zero-order valence-corrected chi connectivity index (χ0v) is 14.7. The van der Waals surface area contributed by atoms with Crippen LogP contribution in [0.3, 0.4) is 0 Å². The molecule has 3 aromatic carbocycles. The molecule has 0 aliphatic carbocycles. The van der Waals surface area contributed by atoms with Crippen molar-refractivity contribution in [3.05, 3.63) is 76.9 Å². The molecular weight excluding hydrogens is 344 g/mol. The van der Waals surface area contributed by atoms with E-state index in [1.807, 2.05) is 6.92 Å². The third kappa shape index (κ3) is 3.98. The lowest BCUT2D eigenvalue weighted by Crippen LogP contribution is -1.97. The maximum atomic E-state index is 10.4. The first-order valence-electron chi connectivity index (χ1n) is 8.40. The van der Waals surface area contributed by atoms with E-state index in [4.69, 9.17) is 0 Å². The van der Waals surface area contributed by atoms with E-state index >= 15 is 0 Å². The van der Waals surface area contributed by atoms with Crippen molar-refractivity contribution in [2.45, 2.75) is 12.8 Å². The summed E-state index contributed by atoms with van der Waals surface area (Å²) < 4.78 is 0. The monoisotopic (exact) mass is 364 g/mol. The highest BCUT2D eigenvalue weighted by Gasteiger charge is 2.18. The van der Waals surface area contributed by atoms with E-state index in [2.05, 4.69) is 0 Å². The van der Waals surface area contributed by atoms with Crippen molar-refractivity contribution in [1.82, 2.24) is 0 Å². The molecule has 3 aromatic rings. The number of aromatic hydroxyl groups is 5. The molecule has 0 spiro atoms.